The summed E-state index contributed by atoms with van der Waals surface area (Å²) in [6, 6.07) is 12.8. The lowest BCUT2D eigenvalue weighted by Crippen LogP contribution is -2.32. The average molecular weight is 347 g/mol. The number of ether oxygens (including phenoxy) is 1. The summed E-state index contributed by atoms with van der Waals surface area (Å²) in [5.74, 6) is 0.838. The van der Waals surface area contributed by atoms with E-state index in [0.29, 0.717) is 16.7 Å². The third-order valence-electron chi connectivity index (χ3n) is 3.77. The molecular weight excluding hydrogens is 324 g/mol. The first-order valence-electron chi connectivity index (χ1n) is 7.92. The zero-order chi connectivity index (χ0) is 17.7. The fourth-order valence-electron chi connectivity index (χ4n) is 2.43. The molecule has 0 radical (unpaired) electrons. The number of methoxy groups -OCH3 is 1. The van der Waals surface area contributed by atoms with Gasteiger partial charge in [0, 0.05) is 11.4 Å². The molecule has 0 saturated carbocycles. The Labute approximate surface area is 148 Å². The fraction of sp³-hybridized carbons (Fsp3) is 0.316. The van der Waals surface area contributed by atoms with E-state index in [9.17, 15) is 4.79 Å². The average Bonchev–Trinajstić information content (AvgIpc) is 2.55. The molecule has 0 unspecified atom stereocenters. The second-order valence-electron chi connectivity index (χ2n) is 5.95. The monoisotopic (exact) mass is 346 g/mol. The van der Waals surface area contributed by atoms with Crippen molar-refractivity contribution in [1.29, 1.82) is 0 Å². The number of amides is 1. The first kappa shape index (κ1) is 18.1. The van der Waals surface area contributed by atoms with Gasteiger partial charge in [-0.2, -0.15) is 0 Å². The Hall–Kier alpha value is -2.20. The molecule has 0 spiro atoms. The molecule has 2 aromatic carbocycles. The quantitative estimate of drug-likeness (QED) is 0.781. The maximum atomic E-state index is 12.5. The topological polar surface area (TPSA) is 50.4 Å². The summed E-state index contributed by atoms with van der Waals surface area (Å²) in [5, 5.41) is 6.64. The van der Waals surface area contributed by atoms with Crippen LogP contribution in [0, 0.1) is 0 Å². The van der Waals surface area contributed by atoms with Gasteiger partial charge in [-0.1, -0.05) is 43.6 Å². The van der Waals surface area contributed by atoms with E-state index in [1.807, 2.05) is 37.3 Å². The summed E-state index contributed by atoms with van der Waals surface area (Å²) < 4.78 is 5.13. The highest BCUT2D eigenvalue weighted by molar-refractivity contribution is 6.32. The zero-order valence-corrected chi connectivity index (χ0v) is 15.1. The first-order valence-corrected chi connectivity index (χ1v) is 8.30. The molecule has 4 nitrogen and oxygen atoms in total. The number of carbonyl (C=O) groups is 1. The SMILES string of the molecule is COc1ccc(N[C@@H](C)C(=O)Nc2ccccc2C(C)C)cc1Cl. The van der Waals surface area contributed by atoms with Crippen LogP contribution in [0.1, 0.15) is 32.3 Å². The molecule has 0 aliphatic rings. The van der Waals surface area contributed by atoms with Gasteiger partial charge in [0.25, 0.3) is 0 Å². The van der Waals surface area contributed by atoms with Gasteiger partial charge in [-0.05, 0) is 42.7 Å². The number of benzene rings is 2. The normalized spacial score (nSPS) is 11.9. The molecule has 1 amide bonds. The highest BCUT2D eigenvalue weighted by atomic mass is 35.5. The highest BCUT2D eigenvalue weighted by Gasteiger charge is 2.15. The predicted octanol–water partition coefficient (Wildman–Crippen LogP) is 4.91. The highest BCUT2D eigenvalue weighted by Crippen LogP contribution is 2.28. The van der Waals surface area contributed by atoms with Crippen LogP contribution in [0.2, 0.25) is 5.02 Å². The molecule has 0 fully saturated rings. The van der Waals surface area contributed by atoms with Gasteiger partial charge < -0.3 is 15.4 Å². The Kier molecular flexibility index (Phi) is 6.10. The van der Waals surface area contributed by atoms with Crippen LogP contribution in [-0.2, 0) is 4.79 Å². The largest absolute Gasteiger partial charge is 0.495 e. The second kappa shape index (κ2) is 8.06. The number of anilines is 2. The molecule has 2 rings (SSSR count). The van der Waals surface area contributed by atoms with Gasteiger partial charge in [0.1, 0.15) is 11.8 Å². The fourth-order valence-corrected chi connectivity index (χ4v) is 2.68. The van der Waals surface area contributed by atoms with E-state index < -0.39 is 6.04 Å². The molecule has 5 heteroatoms. The Morgan fingerprint density at radius 1 is 1.12 bits per heavy atom. The summed E-state index contributed by atoms with van der Waals surface area (Å²) in [5.41, 5.74) is 2.73. The van der Waals surface area contributed by atoms with E-state index in [4.69, 9.17) is 16.3 Å². The van der Waals surface area contributed by atoms with Crippen molar-refractivity contribution in [2.75, 3.05) is 17.7 Å². The second-order valence-corrected chi connectivity index (χ2v) is 6.35. The van der Waals surface area contributed by atoms with E-state index in [-0.39, 0.29) is 5.91 Å². The molecule has 0 aromatic heterocycles. The van der Waals surface area contributed by atoms with E-state index in [2.05, 4.69) is 24.5 Å². The van der Waals surface area contributed by atoms with Crippen LogP contribution in [0.5, 0.6) is 5.75 Å². The Balaban J connectivity index is 2.06. The number of carbonyl (C=O) groups excluding carboxylic acids is 1. The van der Waals surface area contributed by atoms with Gasteiger partial charge in [0.2, 0.25) is 5.91 Å². The summed E-state index contributed by atoms with van der Waals surface area (Å²) in [4.78, 5) is 12.5. The van der Waals surface area contributed by atoms with Crippen LogP contribution >= 0.6 is 11.6 Å². The molecule has 0 aliphatic carbocycles. The molecule has 2 aromatic rings. The van der Waals surface area contributed by atoms with Crippen molar-refractivity contribution in [1.82, 2.24) is 0 Å². The smallest absolute Gasteiger partial charge is 0.246 e. The number of hydrogen-bond acceptors (Lipinski definition) is 3. The first-order chi connectivity index (χ1) is 11.4. The Bertz CT molecular complexity index is 716. The van der Waals surface area contributed by atoms with Crippen LogP contribution in [0.15, 0.2) is 42.5 Å². The molecule has 0 saturated heterocycles. The third-order valence-corrected chi connectivity index (χ3v) is 4.06. The van der Waals surface area contributed by atoms with E-state index in [0.717, 1.165) is 16.9 Å². The van der Waals surface area contributed by atoms with E-state index in [1.165, 1.54) is 0 Å². The van der Waals surface area contributed by atoms with Crippen molar-refractivity contribution in [3.05, 3.63) is 53.1 Å². The van der Waals surface area contributed by atoms with Crippen molar-refractivity contribution < 1.29 is 9.53 Å². The minimum Gasteiger partial charge on any atom is -0.495 e. The summed E-state index contributed by atoms with van der Waals surface area (Å²) >= 11 is 6.11. The van der Waals surface area contributed by atoms with Crippen molar-refractivity contribution in [3.63, 3.8) is 0 Å². The summed E-state index contributed by atoms with van der Waals surface area (Å²) in [6.07, 6.45) is 0. The molecule has 24 heavy (non-hydrogen) atoms. The van der Waals surface area contributed by atoms with Crippen molar-refractivity contribution in [3.8, 4) is 5.75 Å². The Morgan fingerprint density at radius 2 is 1.83 bits per heavy atom. The lowest BCUT2D eigenvalue weighted by Gasteiger charge is -2.18. The van der Waals surface area contributed by atoms with Gasteiger partial charge in [-0.3, -0.25) is 4.79 Å². The Morgan fingerprint density at radius 3 is 2.46 bits per heavy atom. The molecule has 0 bridgehead atoms. The van der Waals surface area contributed by atoms with Gasteiger partial charge in [0.05, 0.1) is 12.1 Å². The number of halogens is 1. The van der Waals surface area contributed by atoms with Crippen molar-refractivity contribution in [2.24, 2.45) is 0 Å². The van der Waals surface area contributed by atoms with Gasteiger partial charge in [-0.25, -0.2) is 0 Å². The van der Waals surface area contributed by atoms with Crippen LogP contribution in [0.3, 0.4) is 0 Å². The lowest BCUT2D eigenvalue weighted by molar-refractivity contribution is -0.116. The van der Waals surface area contributed by atoms with Crippen LogP contribution in [0.4, 0.5) is 11.4 Å². The molecule has 0 aliphatic heterocycles. The molecule has 128 valence electrons. The molecule has 1 atom stereocenters. The number of rotatable bonds is 6. The lowest BCUT2D eigenvalue weighted by atomic mass is 10.0. The molecular formula is C19H23ClN2O2. The van der Waals surface area contributed by atoms with Gasteiger partial charge in [-0.15, -0.1) is 0 Å². The van der Waals surface area contributed by atoms with Gasteiger partial charge >= 0.3 is 0 Å². The number of para-hydroxylation sites is 1. The maximum Gasteiger partial charge on any atom is 0.246 e. The van der Waals surface area contributed by atoms with E-state index in [1.54, 1.807) is 19.2 Å². The van der Waals surface area contributed by atoms with Crippen LogP contribution < -0.4 is 15.4 Å². The number of nitrogens with one attached hydrogen (secondary N) is 2. The minimum atomic E-state index is -0.408. The summed E-state index contributed by atoms with van der Waals surface area (Å²) in [6.45, 7) is 6.02. The van der Waals surface area contributed by atoms with Crippen molar-refractivity contribution in [2.45, 2.75) is 32.7 Å². The predicted molar refractivity (Wildman–Crippen MR) is 100 cm³/mol. The van der Waals surface area contributed by atoms with Crippen molar-refractivity contribution >= 4 is 28.9 Å². The molecule has 0 heterocycles. The van der Waals surface area contributed by atoms with Crippen LogP contribution in [-0.4, -0.2) is 19.1 Å². The number of hydrogen-bond donors (Lipinski definition) is 2. The summed E-state index contributed by atoms with van der Waals surface area (Å²) in [7, 11) is 1.57. The molecule has 2 N–H and O–H groups in total. The van der Waals surface area contributed by atoms with Crippen LogP contribution in [0.25, 0.3) is 0 Å². The maximum absolute atomic E-state index is 12.5. The van der Waals surface area contributed by atoms with E-state index >= 15 is 0 Å². The third kappa shape index (κ3) is 4.42. The minimum absolute atomic E-state index is 0.102. The standard InChI is InChI=1S/C19H23ClN2O2/c1-12(2)15-7-5-6-8-17(15)22-19(23)13(3)21-14-9-10-18(24-4)16(20)11-14/h5-13,21H,1-4H3,(H,22,23)/t13-/m0/s1. The zero-order valence-electron chi connectivity index (χ0n) is 14.4. The van der Waals surface area contributed by atoms with Gasteiger partial charge in [0.15, 0.2) is 0 Å².